The third-order valence-electron chi connectivity index (χ3n) is 2.88. The van der Waals surface area contributed by atoms with Gasteiger partial charge in [0, 0.05) is 22.1 Å². The van der Waals surface area contributed by atoms with Crippen molar-refractivity contribution in [2.75, 3.05) is 6.54 Å². The Bertz CT molecular complexity index is 410. The van der Waals surface area contributed by atoms with Crippen LogP contribution < -0.4 is 5.32 Å². The maximum absolute atomic E-state index is 11.0. The highest BCUT2D eigenvalue weighted by molar-refractivity contribution is 9.10. The number of nitro benzene ring substituents is 1. The van der Waals surface area contributed by atoms with E-state index in [1.807, 2.05) is 6.07 Å². The van der Waals surface area contributed by atoms with Gasteiger partial charge in [0.05, 0.1) is 4.92 Å². The van der Waals surface area contributed by atoms with E-state index in [0.717, 1.165) is 29.4 Å². The predicted molar refractivity (Wildman–Crippen MR) is 76.9 cm³/mol. The molecule has 0 heterocycles. The second kappa shape index (κ2) is 7.48. The van der Waals surface area contributed by atoms with Gasteiger partial charge in [-0.25, -0.2) is 0 Å². The Labute approximate surface area is 116 Å². The lowest BCUT2D eigenvalue weighted by Crippen LogP contribution is -2.31. The molecule has 0 spiro atoms. The predicted octanol–water partition coefficient (Wildman–Crippen LogP) is 3.68. The van der Waals surface area contributed by atoms with Crippen molar-refractivity contribution < 1.29 is 4.92 Å². The van der Waals surface area contributed by atoms with Crippen LogP contribution in [0.15, 0.2) is 22.7 Å². The number of nitrogens with one attached hydrogen (secondary N) is 1. The summed E-state index contributed by atoms with van der Waals surface area (Å²) in [6, 6.07) is 5.40. The molecule has 0 aliphatic rings. The Morgan fingerprint density at radius 1 is 1.44 bits per heavy atom. The van der Waals surface area contributed by atoms with Crippen LogP contribution in [-0.2, 0) is 6.42 Å². The van der Waals surface area contributed by atoms with Crippen LogP contribution in [0.2, 0.25) is 0 Å². The first-order valence-corrected chi connectivity index (χ1v) is 7.04. The summed E-state index contributed by atoms with van der Waals surface area (Å²) in [4.78, 5) is 10.7. The van der Waals surface area contributed by atoms with Crippen LogP contribution in [0.3, 0.4) is 0 Å². The first kappa shape index (κ1) is 15.1. The van der Waals surface area contributed by atoms with Crippen LogP contribution >= 0.6 is 15.9 Å². The van der Waals surface area contributed by atoms with E-state index in [4.69, 9.17) is 0 Å². The minimum absolute atomic E-state index is 0.204. The Balaban J connectivity index is 2.86. The Hall–Kier alpha value is -0.940. The fourth-order valence-electron chi connectivity index (χ4n) is 1.87. The molecule has 0 bridgehead atoms. The van der Waals surface area contributed by atoms with E-state index in [0.29, 0.717) is 6.42 Å². The molecule has 1 aromatic carbocycles. The van der Waals surface area contributed by atoms with Gasteiger partial charge in [-0.2, -0.15) is 0 Å². The summed E-state index contributed by atoms with van der Waals surface area (Å²) in [5.74, 6) is 0. The average Bonchev–Trinajstić information content (AvgIpc) is 2.34. The van der Waals surface area contributed by atoms with Crippen LogP contribution in [0, 0.1) is 10.1 Å². The monoisotopic (exact) mass is 314 g/mol. The number of nitrogens with zero attached hydrogens (tertiary/aromatic N) is 1. The number of rotatable bonds is 7. The van der Waals surface area contributed by atoms with Crippen molar-refractivity contribution in [2.24, 2.45) is 0 Å². The molecule has 5 heteroatoms. The Morgan fingerprint density at radius 3 is 2.72 bits per heavy atom. The first-order chi connectivity index (χ1) is 8.58. The van der Waals surface area contributed by atoms with Crippen molar-refractivity contribution in [3.63, 3.8) is 0 Å². The van der Waals surface area contributed by atoms with Crippen LogP contribution in [0.25, 0.3) is 0 Å². The van der Waals surface area contributed by atoms with Crippen molar-refractivity contribution in [3.8, 4) is 0 Å². The zero-order valence-corrected chi connectivity index (χ0v) is 12.4. The van der Waals surface area contributed by atoms with Gasteiger partial charge in [-0.3, -0.25) is 10.1 Å². The SMILES string of the molecule is CCCNC(CC)Cc1cc(Br)ccc1[N+](=O)[O-]. The lowest BCUT2D eigenvalue weighted by molar-refractivity contribution is -0.385. The van der Waals surface area contributed by atoms with E-state index >= 15 is 0 Å². The summed E-state index contributed by atoms with van der Waals surface area (Å²) in [7, 11) is 0. The molecule has 1 rings (SSSR count). The van der Waals surface area contributed by atoms with E-state index in [2.05, 4.69) is 35.1 Å². The minimum atomic E-state index is -0.311. The normalized spacial score (nSPS) is 12.4. The lowest BCUT2D eigenvalue weighted by atomic mass is 10.0. The quantitative estimate of drug-likeness (QED) is 0.617. The third kappa shape index (κ3) is 4.38. The maximum Gasteiger partial charge on any atom is 0.272 e. The standard InChI is InChI=1S/C13H19BrN2O2/c1-3-7-15-12(4-2)9-10-8-11(14)5-6-13(10)16(17)18/h5-6,8,12,15H,3-4,7,9H2,1-2H3. The summed E-state index contributed by atoms with van der Waals surface area (Å²) in [6.07, 6.45) is 2.72. The summed E-state index contributed by atoms with van der Waals surface area (Å²) in [5.41, 5.74) is 0.986. The summed E-state index contributed by atoms with van der Waals surface area (Å²) in [6.45, 7) is 5.15. The molecule has 0 aliphatic heterocycles. The van der Waals surface area contributed by atoms with Crippen molar-refractivity contribution in [1.29, 1.82) is 0 Å². The summed E-state index contributed by atoms with van der Waals surface area (Å²) < 4.78 is 0.883. The van der Waals surface area contributed by atoms with Crippen LogP contribution in [-0.4, -0.2) is 17.5 Å². The molecular formula is C13H19BrN2O2. The van der Waals surface area contributed by atoms with Crippen LogP contribution in [0.1, 0.15) is 32.3 Å². The second-order valence-corrected chi connectivity index (χ2v) is 5.21. The van der Waals surface area contributed by atoms with Crippen molar-refractivity contribution in [2.45, 2.75) is 39.2 Å². The Morgan fingerprint density at radius 2 is 2.17 bits per heavy atom. The number of benzene rings is 1. The number of hydrogen-bond acceptors (Lipinski definition) is 3. The first-order valence-electron chi connectivity index (χ1n) is 6.24. The van der Waals surface area contributed by atoms with Gasteiger partial charge in [0.15, 0.2) is 0 Å². The average molecular weight is 315 g/mol. The van der Waals surface area contributed by atoms with Crippen LogP contribution in [0.5, 0.6) is 0 Å². The molecule has 0 radical (unpaired) electrons. The van der Waals surface area contributed by atoms with Crippen LogP contribution in [0.4, 0.5) is 5.69 Å². The third-order valence-corrected chi connectivity index (χ3v) is 3.37. The molecule has 0 aliphatic carbocycles. The van der Waals surface area contributed by atoms with Gasteiger partial charge in [0.1, 0.15) is 0 Å². The lowest BCUT2D eigenvalue weighted by Gasteiger charge is -2.16. The Kier molecular flexibility index (Phi) is 6.29. The van der Waals surface area contributed by atoms with Gasteiger partial charge in [-0.1, -0.05) is 29.8 Å². The number of nitro groups is 1. The molecule has 4 nitrogen and oxygen atoms in total. The molecule has 18 heavy (non-hydrogen) atoms. The van der Waals surface area contributed by atoms with E-state index in [1.54, 1.807) is 12.1 Å². The molecule has 0 saturated heterocycles. The number of halogens is 1. The fraction of sp³-hybridized carbons (Fsp3) is 0.538. The molecule has 0 amide bonds. The summed E-state index contributed by atoms with van der Waals surface area (Å²) >= 11 is 3.37. The van der Waals surface area contributed by atoms with Gasteiger partial charge >= 0.3 is 0 Å². The van der Waals surface area contributed by atoms with E-state index in [1.165, 1.54) is 0 Å². The molecule has 0 saturated carbocycles. The fourth-order valence-corrected chi connectivity index (χ4v) is 2.28. The van der Waals surface area contributed by atoms with E-state index < -0.39 is 0 Å². The van der Waals surface area contributed by atoms with Crippen molar-refractivity contribution >= 4 is 21.6 Å². The van der Waals surface area contributed by atoms with Gasteiger partial charge in [0.2, 0.25) is 0 Å². The smallest absolute Gasteiger partial charge is 0.272 e. The van der Waals surface area contributed by atoms with Gasteiger partial charge in [0.25, 0.3) is 5.69 Å². The molecule has 0 aromatic heterocycles. The summed E-state index contributed by atoms with van der Waals surface area (Å²) in [5, 5.41) is 14.4. The zero-order valence-electron chi connectivity index (χ0n) is 10.8. The zero-order chi connectivity index (χ0) is 13.5. The van der Waals surface area contributed by atoms with E-state index in [-0.39, 0.29) is 16.7 Å². The highest BCUT2D eigenvalue weighted by atomic mass is 79.9. The number of hydrogen-bond donors (Lipinski definition) is 1. The second-order valence-electron chi connectivity index (χ2n) is 4.29. The molecule has 100 valence electrons. The molecule has 1 unspecified atom stereocenters. The van der Waals surface area contributed by atoms with E-state index in [9.17, 15) is 10.1 Å². The largest absolute Gasteiger partial charge is 0.314 e. The molecule has 1 atom stereocenters. The van der Waals surface area contributed by atoms with Crippen molar-refractivity contribution in [3.05, 3.63) is 38.3 Å². The molecule has 1 aromatic rings. The topological polar surface area (TPSA) is 55.2 Å². The molecule has 0 fully saturated rings. The van der Waals surface area contributed by atoms with Gasteiger partial charge in [-0.05, 0) is 37.9 Å². The molecular weight excluding hydrogens is 296 g/mol. The highest BCUT2D eigenvalue weighted by Gasteiger charge is 2.17. The minimum Gasteiger partial charge on any atom is -0.314 e. The maximum atomic E-state index is 11.0. The van der Waals surface area contributed by atoms with Crippen molar-refractivity contribution in [1.82, 2.24) is 5.32 Å². The van der Waals surface area contributed by atoms with Gasteiger partial charge < -0.3 is 5.32 Å². The highest BCUT2D eigenvalue weighted by Crippen LogP contribution is 2.24. The van der Waals surface area contributed by atoms with Gasteiger partial charge in [-0.15, -0.1) is 0 Å². The molecule has 1 N–H and O–H groups in total.